The van der Waals surface area contributed by atoms with Gasteiger partial charge in [0, 0.05) is 17.7 Å². The summed E-state index contributed by atoms with van der Waals surface area (Å²) in [6.45, 7) is 4.99. The summed E-state index contributed by atoms with van der Waals surface area (Å²) in [5, 5.41) is 4.02. The van der Waals surface area contributed by atoms with Gasteiger partial charge in [0.05, 0.1) is 11.2 Å². The lowest BCUT2D eigenvalue weighted by molar-refractivity contribution is 0.0346. The Kier molecular flexibility index (Phi) is 5.40. The molecule has 1 N–H and O–H groups in total. The molecule has 3 aromatic rings. The van der Waals surface area contributed by atoms with Gasteiger partial charge in [0.2, 0.25) is 0 Å². The van der Waals surface area contributed by atoms with E-state index in [0.29, 0.717) is 29.5 Å². The Labute approximate surface area is 176 Å². The molecule has 1 aliphatic heterocycles. The van der Waals surface area contributed by atoms with Crippen LogP contribution in [-0.4, -0.2) is 24.1 Å². The molecule has 28 heavy (non-hydrogen) atoms. The Hall–Kier alpha value is -1.96. The molecule has 1 amide bonds. The van der Waals surface area contributed by atoms with Gasteiger partial charge in [-0.2, -0.15) is 0 Å². The van der Waals surface area contributed by atoms with E-state index in [0.717, 1.165) is 33.6 Å². The molecule has 1 aromatic carbocycles. The maximum atomic E-state index is 13.2. The molecule has 0 bridgehead atoms. The van der Waals surface area contributed by atoms with E-state index in [1.165, 1.54) is 11.3 Å². The molecular weight excluding hydrogens is 440 g/mol. The first-order chi connectivity index (χ1) is 13.5. The van der Waals surface area contributed by atoms with Gasteiger partial charge in [0.25, 0.3) is 5.91 Å². The lowest BCUT2D eigenvalue weighted by Gasteiger charge is -2.38. The van der Waals surface area contributed by atoms with Crippen LogP contribution < -0.4 is 5.32 Å². The third-order valence-corrected chi connectivity index (χ3v) is 6.69. The Bertz CT molecular complexity index is 1000. The molecule has 2 aromatic heterocycles. The van der Waals surface area contributed by atoms with Crippen molar-refractivity contribution in [1.29, 1.82) is 0 Å². The molecule has 0 saturated carbocycles. The maximum absolute atomic E-state index is 13.2. The third kappa shape index (κ3) is 3.79. The van der Waals surface area contributed by atoms with E-state index in [1.807, 2.05) is 38.1 Å². The highest BCUT2D eigenvalue weighted by Gasteiger charge is 2.37. The van der Waals surface area contributed by atoms with Crippen molar-refractivity contribution in [2.45, 2.75) is 32.2 Å². The van der Waals surface area contributed by atoms with Crippen molar-refractivity contribution in [1.82, 2.24) is 10.3 Å². The first kappa shape index (κ1) is 19.4. The second-order valence-electron chi connectivity index (χ2n) is 7.00. The Morgan fingerprint density at radius 2 is 2.00 bits per heavy atom. The first-order valence-electron chi connectivity index (χ1n) is 9.17. The summed E-state index contributed by atoms with van der Waals surface area (Å²) < 4.78 is 12.2. The number of halogens is 1. The normalized spacial score (nSPS) is 16.1. The Morgan fingerprint density at radius 3 is 2.68 bits per heavy atom. The van der Waals surface area contributed by atoms with Gasteiger partial charge in [-0.25, -0.2) is 4.98 Å². The van der Waals surface area contributed by atoms with Crippen LogP contribution in [0.5, 0.6) is 0 Å². The van der Waals surface area contributed by atoms with E-state index in [2.05, 4.69) is 38.4 Å². The fourth-order valence-electron chi connectivity index (χ4n) is 3.53. The first-order valence-corrected chi connectivity index (χ1v) is 10.8. The minimum Gasteiger partial charge on any atom is -0.459 e. The zero-order valence-electron chi connectivity index (χ0n) is 15.8. The van der Waals surface area contributed by atoms with Gasteiger partial charge >= 0.3 is 0 Å². The zero-order valence-corrected chi connectivity index (χ0v) is 18.2. The lowest BCUT2D eigenvalue weighted by atomic mass is 9.82. The zero-order chi connectivity index (χ0) is 19.7. The number of carbonyl (C=O) groups is 1. The number of aromatic nitrogens is 1. The summed E-state index contributed by atoms with van der Waals surface area (Å²) in [5.74, 6) is 1.41. The number of nitrogens with one attached hydrogen (secondary N) is 1. The number of benzene rings is 1. The lowest BCUT2D eigenvalue weighted by Crippen LogP contribution is -2.49. The van der Waals surface area contributed by atoms with E-state index in [9.17, 15) is 4.79 Å². The molecule has 1 saturated heterocycles. The highest BCUT2D eigenvalue weighted by atomic mass is 79.9. The number of hydrogen-bond donors (Lipinski definition) is 1. The molecule has 4 rings (SSSR count). The summed E-state index contributed by atoms with van der Waals surface area (Å²) in [4.78, 5) is 18.4. The molecule has 0 radical (unpaired) electrons. The molecule has 0 aliphatic carbocycles. The third-order valence-electron chi connectivity index (χ3n) is 5.03. The molecule has 0 unspecified atom stereocenters. The monoisotopic (exact) mass is 460 g/mol. The number of nitrogens with zero attached hydrogens (tertiary/aromatic N) is 1. The average Bonchev–Trinajstić information content (AvgIpc) is 3.28. The van der Waals surface area contributed by atoms with Gasteiger partial charge in [-0.05, 0) is 56.5 Å². The highest BCUT2D eigenvalue weighted by molar-refractivity contribution is 9.10. The van der Waals surface area contributed by atoms with Gasteiger partial charge < -0.3 is 14.5 Å². The molecule has 1 aliphatic rings. The molecule has 0 atom stereocenters. The maximum Gasteiger partial charge on any atom is 0.263 e. The van der Waals surface area contributed by atoms with E-state index < -0.39 is 5.54 Å². The SMILES string of the molecule is Cc1ccc(-c2nc(C)c(C(=O)NC3(c4cccc(Br)c4)CCOCC3)s2)o1. The Balaban J connectivity index is 1.64. The van der Waals surface area contributed by atoms with Gasteiger partial charge in [-0.15, -0.1) is 11.3 Å². The van der Waals surface area contributed by atoms with Crippen LogP contribution in [0.2, 0.25) is 0 Å². The van der Waals surface area contributed by atoms with Crippen molar-refractivity contribution < 1.29 is 13.9 Å². The van der Waals surface area contributed by atoms with Crippen LogP contribution in [0.3, 0.4) is 0 Å². The molecule has 1 fully saturated rings. The molecule has 7 heteroatoms. The molecule has 146 valence electrons. The number of thiazole rings is 1. The fourth-order valence-corrected chi connectivity index (χ4v) is 4.85. The van der Waals surface area contributed by atoms with Crippen LogP contribution in [0.15, 0.2) is 45.3 Å². The summed E-state index contributed by atoms with van der Waals surface area (Å²) in [6.07, 6.45) is 1.47. The van der Waals surface area contributed by atoms with Crippen LogP contribution in [-0.2, 0) is 10.3 Å². The Morgan fingerprint density at radius 1 is 1.21 bits per heavy atom. The number of ether oxygens (including phenoxy) is 1. The fraction of sp³-hybridized carbons (Fsp3) is 0.333. The van der Waals surface area contributed by atoms with Crippen molar-refractivity contribution in [3.8, 4) is 10.8 Å². The summed E-state index contributed by atoms with van der Waals surface area (Å²) in [5.41, 5.74) is 1.35. The number of rotatable bonds is 4. The van der Waals surface area contributed by atoms with Crippen LogP contribution >= 0.6 is 27.3 Å². The van der Waals surface area contributed by atoms with E-state index in [1.54, 1.807) is 0 Å². The topological polar surface area (TPSA) is 64.4 Å². The second kappa shape index (κ2) is 7.81. The van der Waals surface area contributed by atoms with E-state index in [-0.39, 0.29) is 5.91 Å². The number of furan rings is 1. The predicted octanol–water partition coefficient (Wildman–Crippen LogP) is 5.22. The quantitative estimate of drug-likeness (QED) is 0.579. The van der Waals surface area contributed by atoms with Crippen LogP contribution in [0.25, 0.3) is 10.8 Å². The second-order valence-corrected chi connectivity index (χ2v) is 8.92. The van der Waals surface area contributed by atoms with Crippen molar-refractivity contribution >= 4 is 33.2 Å². The van der Waals surface area contributed by atoms with Gasteiger partial charge in [0.1, 0.15) is 10.6 Å². The van der Waals surface area contributed by atoms with Crippen LogP contribution in [0.1, 0.15) is 39.5 Å². The minimum atomic E-state index is -0.447. The molecular formula is C21H21BrN2O3S. The molecule has 0 spiro atoms. The standard InChI is InChI=1S/C21H21BrN2O3S/c1-13-6-7-17(27-13)20-23-14(2)18(28-20)19(25)24-21(8-10-26-11-9-21)15-4-3-5-16(22)12-15/h3-7,12H,8-11H2,1-2H3,(H,24,25). The average molecular weight is 461 g/mol. The minimum absolute atomic E-state index is 0.105. The van der Waals surface area contributed by atoms with Gasteiger partial charge in [-0.3, -0.25) is 4.79 Å². The van der Waals surface area contributed by atoms with Crippen molar-refractivity contribution in [3.05, 3.63) is 62.8 Å². The smallest absolute Gasteiger partial charge is 0.263 e. The summed E-state index contributed by atoms with van der Waals surface area (Å²) in [6, 6.07) is 11.9. The summed E-state index contributed by atoms with van der Waals surface area (Å²) in [7, 11) is 0. The van der Waals surface area contributed by atoms with Crippen molar-refractivity contribution in [3.63, 3.8) is 0 Å². The number of aryl methyl sites for hydroxylation is 2. The van der Waals surface area contributed by atoms with Gasteiger partial charge in [-0.1, -0.05) is 28.1 Å². The van der Waals surface area contributed by atoms with E-state index in [4.69, 9.17) is 9.15 Å². The molecule has 5 nitrogen and oxygen atoms in total. The van der Waals surface area contributed by atoms with Crippen LogP contribution in [0, 0.1) is 13.8 Å². The number of amides is 1. The van der Waals surface area contributed by atoms with E-state index >= 15 is 0 Å². The van der Waals surface area contributed by atoms with Crippen molar-refractivity contribution in [2.24, 2.45) is 0 Å². The van der Waals surface area contributed by atoms with Crippen molar-refractivity contribution in [2.75, 3.05) is 13.2 Å². The van der Waals surface area contributed by atoms with Gasteiger partial charge in [0.15, 0.2) is 10.8 Å². The molecule has 3 heterocycles. The largest absolute Gasteiger partial charge is 0.459 e. The predicted molar refractivity (Wildman–Crippen MR) is 113 cm³/mol. The highest BCUT2D eigenvalue weighted by Crippen LogP contribution is 2.35. The van der Waals surface area contributed by atoms with Crippen LogP contribution in [0.4, 0.5) is 0 Å². The number of carbonyl (C=O) groups excluding carboxylic acids is 1. The summed E-state index contributed by atoms with van der Waals surface area (Å²) >= 11 is 4.91. The number of hydrogen-bond acceptors (Lipinski definition) is 5.